The first-order chi connectivity index (χ1) is 6.18. The summed E-state index contributed by atoms with van der Waals surface area (Å²) >= 11 is 0. The van der Waals surface area contributed by atoms with Gasteiger partial charge in [-0.1, -0.05) is 32.1 Å². The van der Waals surface area contributed by atoms with E-state index in [1.807, 2.05) is 26.0 Å². The molecule has 0 spiro atoms. The van der Waals surface area contributed by atoms with Gasteiger partial charge in [0.2, 0.25) is 0 Å². The van der Waals surface area contributed by atoms with E-state index in [0.29, 0.717) is 6.42 Å². The fraction of sp³-hybridized carbons (Fsp3) is 0.545. The third kappa shape index (κ3) is 1.73. The van der Waals surface area contributed by atoms with Crippen LogP contribution in [0.2, 0.25) is 0 Å². The largest absolute Gasteiger partial charge is 0.388 e. The number of allylic oxidation sites excluding steroid dienone is 2. The van der Waals surface area contributed by atoms with Crippen molar-refractivity contribution in [2.75, 3.05) is 0 Å². The summed E-state index contributed by atoms with van der Waals surface area (Å²) in [5, 5.41) is 9.76. The summed E-state index contributed by atoms with van der Waals surface area (Å²) in [6, 6.07) is 0. The molecule has 0 aromatic rings. The van der Waals surface area contributed by atoms with Crippen LogP contribution in [0.4, 0.5) is 0 Å². The van der Waals surface area contributed by atoms with Crippen LogP contribution in [0.5, 0.6) is 0 Å². The van der Waals surface area contributed by atoms with E-state index in [9.17, 15) is 9.90 Å². The molecule has 2 nitrogen and oxygen atoms in total. The lowest BCUT2D eigenvalue weighted by atomic mass is 9.76. The molecule has 0 radical (unpaired) electrons. The maximum atomic E-state index is 10.9. The van der Waals surface area contributed by atoms with Crippen LogP contribution in [0.15, 0.2) is 23.8 Å². The summed E-state index contributed by atoms with van der Waals surface area (Å²) < 4.78 is 0. The highest BCUT2D eigenvalue weighted by Crippen LogP contribution is 2.32. The third-order valence-electron chi connectivity index (χ3n) is 2.77. The maximum absolute atomic E-state index is 10.9. The van der Waals surface area contributed by atoms with Crippen LogP contribution in [0.1, 0.15) is 26.7 Å². The van der Waals surface area contributed by atoms with Crippen LogP contribution < -0.4 is 0 Å². The molecule has 1 N–H and O–H groups in total. The van der Waals surface area contributed by atoms with Crippen LogP contribution in [-0.2, 0) is 4.79 Å². The van der Waals surface area contributed by atoms with E-state index < -0.39 is 11.5 Å². The number of carbonyl (C=O) groups excluding carboxylic acids is 1. The van der Waals surface area contributed by atoms with E-state index in [1.54, 1.807) is 6.08 Å². The molecule has 2 unspecified atom stereocenters. The number of carbonyl (C=O) groups is 1. The highest BCUT2D eigenvalue weighted by Gasteiger charge is 2.34. The lowest BCUT2D eigenvalue weighted by molar-refractivity contribution is -0.117. The summed E-state index contributed by atoms with van der Waals surface area (Å²) in [5.74, 6) is 0. The average Bonchev–Trinajstić information content (AvgIpc) is 2.18. The van der Waals surface area contributed by atoms with Crippen molar-refractivity contribution in [3.8, 4) is 0 Å². The molecule has 0 aliphatic heterocycles. The maximum Gasteiger partial charge on any atom is 0.132 e. The Morgan fingerprint density at radius 1 is 1.62 bits per heavy atom. The number of hydrogen-bond donors (Lipinski definition) is 1. The molecule has 0 aromatic heterocycles. The van der Waals surface area contributed by atoms with Gasteiger partial charge >= 0.3 is 0 Å². The first-order valence-electron chi connectivity index (χ1n) is 4.73. The average molecular weight is 180 g/mol. The van der Waals surface area contributed by atoms with Crippen molar-refractivity contribution in [1.29, 1.82) is 0 Å². The predicted molar refractivity (Wildman–Crippen MR) is 52.3 cm³/mol. The Morgan fingerprint density at radius 3 is 2.69 bits per heavy atom. The minimum atomic E-state index is -0.682. The monoisotopic (exact) mass is 180 g/mol. The van der Waals surface area contributed by atoms with Gasteiger partial charge < -0.3 is 9.90 Å². The molecular formula is C11H16O2. The fourth-order valence-corrected chi connectivity index (χ4v) is 1.53. The van der Waals surface area contributed by atoms with Gasteiger partial charge in [0.25, 0.3) is 0 Å². The number of hydrogen-bond acceptors (Lipinski definition) is 2. The molecule has 0 fully saturated rings. The van der Waals surface area contributed by atoms with Crippen LogP contribution in [0, 0.1) is 5.41 Å². The normalized spacial score (nSPS) is 32.8. The lowest BCUT2D eigenvalue weighted by Gasteiger charge is -2.30. The van der Waals surface area contributed by atoms with Crippen molar-refractivity contribution in [3.05, 3.63) is 23.8 Å². The van der Waals surface area contributed by atoms with Crippen LogP contribution in [0.25, 0.3) is 0 Å². The van der Waals surface area contributed by atoms with Crippen molar-refractivity contribution in [2.45, 2.75) is 32.8 Å². The van der Waals surface area contributed by atoms with Crippen molar-refractivity contribution >= 4 is 6.29 Å². The second-order valence-corrected chi connectivity index (χ2v) is 3.46. The zero-order valence-corrected chi connectivity index (χ0v) is 8.16. The Balaban J connectivity index is 2.92. The summed E-state index contributed by atoms with van der Waals surface area (Å²) in [4.78, 5) is 10.9. The molecular weight excluding hydrogens is 164 g/mol. The van der Waals surface area contributed by atoms with E-state index in [2.05, 4.69) is 0 Å². The number of aliphatic hydroxyl groups is 1. The Bertz CT molecular complexity index is 253. The summed E-state index contributed by atoms with van der Waals surface area (Å²) in [5.41, 5.74) is 0.414. The molecule has 0 amide bonds. The van der Waals surface area contributed by atoms with Gasteiger partial charge in [0, 0.05) is 0 Å². The number of aliphatic hydroxyl groups excluding tert-OH is 1. The summed E-state index contributed by atoms with van der Waals surface area (Å²) in [7, 11) is 0. The highest BCUT2D eigenvalue weighted by atomic mass is 16.3. The van der Waals surface area contributed by atoms with Crippen molar-refractivity contribution < 1.29 is 9.90 Å². The molecule has 0 saturated heterocycles. The van der Waals surface area contributed by atoms with Gasteiger partial charge in [-0.15, -0.1) is 0 Å². The van der Waals surface area contributed by atoms with Gasteiger partial charge in [-0.05, 0) is 18.4 Å². The SMILES string of the molecule is CCC1=CC(O)C(C=O)(CC)C=C1. The Kier molecular flexibility index (Phi) is 3.04. The van der Waals surface area contributed by atoms with Gasteiger partial charge in [0.1, 0.15) is 6.29 Å². The Labute approximate surface area is 79.0 Å². The van der Waals surface area contributed by atoms with Gasteiger partial charge in [0.15, 0.2) is 0 Å². The van der Waals surface area contributed by atoms with Crippen LogP contribution in [0.3, 0.4) is 0 Å². The Hall–Kier alpha value is -0.890. The second kappa shape index (κ2) is 3.88. The standard InChI is InChI=1S/C11H16O2/c1-3-9-5-6-11(4-2,8-12)10(13)7-9/h5-8,10,13H,3-4H2,1-2H3. The zero-order valence-electron chi connectivity index (χ0n) is 8.16. The smallest absolute Gasteiger partial charge is 0.132 e. The molecule has 1 aliphatic rings. The third-order valence-corrected chi connectivity index (χ3v) is 2.77. The summed E-state index contributed by atoms with van der Waals surface area (Å²) in [6.07, 6.45) is 7.26. The van der Waals surface area contributed by atoms with Crippen molar-refractivity contribution in [2.24, 2.45) is 5.41 Å². The molecule has 13 heavy (non-hydrogen) atoms. The van der Waals surface area contributed by atoms with Crippen molar-refractivity contribution in [1.82, 2.24) is 0 Å². The number of rotatable bonds is 3. The minimum absolute atomic E-state index is 0.641. The highest BCUT2D eigenvalue weighted by molar-refractivity contribution is 5.66. The molecule has 72 valence electrons. The topological polar surface area (TPSA) is 37.3 Å². The predicted octanol–water partition coefficient (Wildman–Crippen LogP) is 1.85. The Morgan fingerprint density at radius 2 is 2.31 bits per heavy atom. The lowest BCUT2D eigenvalue weighted by Crippen LogP contribution is -2.34. The van der Waals surface area contributed by atoms with Gasteiger partial charge in [-0.3, -0.25) is 0 Å². The molecule has 0 heterocycles. The van der Waals surface area contributed by atoms with Gasteiger partial charge in [-0.2, -0.15) is 0 Å². The molecule has 2 heteroatoms. The quantitative estimate of drug-likeness (QED) is 0.673. The first kappa shape index (κ1) is 10.2. The van der Waals surface area contributed by atoms with Gasteiger partial charge in [-0.25, -0.2) is 0 Å². The molecule has 0 saturated carbocycles. The number of aldehydes is 1. The molecule has 0 bridgehead atoms. The molecule has 1 aliphatic carbocycles. The van der Waals surface area contributed by atoms with Crippen molar-refractivity contribution in [3.63, 3.8) is 0 Å². The molecule has 1 rings (SSSR count). The van der Waals surface area contributed by atoms with E-state index in [-0.39, 0.29) is 0 Å². The van der Waals surface area contributed by atoms with E-state index in [0.717, 1.165) is 18.3 Å². The first-order valence-corrected chi connectivity index (χ1v) is 4.73. The second-order valence-electron chi connectivity index (χ2n) is 3.46. The van der Waals surface area contributed by atoms with E-state index in [4.69, 9.17) is 0 Å². The van der Waals surface area contributed by atoms with Crippen LogP contribution >= 0.6 is 0 Å². The van der Waals surface area contributed by atoms with E-state index in [1.165, 1.54) is 0 Å². The van der Waals surface area contributed by atoms with Gasteiger partial charge in [0.05, 0.1) is 11.5 Å². The zero-order chi connectivity index (χ0) is 9.90. The fourth-order valence-electron chi connectivity index (χ4n) is 1.53. The molecule has 2 atom stereocenters. The van der Waals surface area contributed by atoms with Crippen LogP contribution in [-0.4, -0.2) is 17.5 Å². The molecule has 0 aromatic carbocycles. The summed E-state index contributed by atoms with van der Waals surface area (Å²) in [6.45, 7) is 3.94. The van der Waals surface area contributed by atoms with E-state index >= 15 is 0 Å². The minimum Gasteiger partial charge on any atom is -0.388 e.